The molecule has 1 aliphatic rings. The van der Waals surface area contributed by atoms with E-state index in [9.17, 15) is 4.79 Å². The number of rotatable bonds is 4. The lowest BCUT2D eigenvalue weighted by Gasteiger charge is -2.35. The van der Waals surface area contributed by atoms with Gasteiger partial charge in [-0.2, -0.15) is 0 Å². The summed E-state index contributed by atoms with van der Waals surface area (Å²) in [4.78, 5) is 12.8. The Balaban J connectivity index is 2.22. The second-order valence-corrected chi connectivity index (χ2v) is 6.02. The lowest BCUT2D eigenvalue weighted by atomic mass is 9.72. The van der Waals surface area contributed by atoms with Gasteiger partial charge in [0, 0.05) is 17.5 Å². The van der Waals surface area contributed by atoms with Gasteiger partial charge in [-0.3, -0.25) is 4.79 Å². The summed E-state index contributed by atoms with van der Waals surface area (Å²) in [5.74, 6) is 0.832. The summed E-state index contributed by atoms with van der Waals surface area (Å²) in [6.07, 6.45) is 3.04. The monoisotopic (exact) mass is 259 g/mol. The molecule has 2 heteroatoms. The molecule has 1 aliphatic heterocycles. The summed E-state index contributed by atoms with van der Waals surface area (Å²) >= 11 is 0. The molecule has 1 aromatic rings. The third-order valence-corrected chi connectivity index (χ3v) is 4.47. The molecule has 1 unspecified atom stereocenters. The standard InChI is InChI=1S/C17H25NO/c1-4-17(10-5-11-18-12-17)16(19)15-8-6-14(7-9-15)13(2)3/h6-9,13,18H,4-5,10-12H2,1-3H3. The molecule has 2 nitrogen and oxygen atoms in total. The minimum Gasteiger partial charge on any atom is -0.316 e. The van der Waals surface area contributed by atoms with Gasteiger partial charge in [-0.15, -0.1) is 0 Å². The van der Waals surface area contributed by atoms with Gasteiger partial charge in [0.15, 0.2) is 5.78 Å². The third-order valence-electron chi connectivity index (χ3n) is 4.47. The predicted molar refractivity (Wildman–Crippen MR) is 79.7 cm³/mol. The number of carbonyl (C=O) groups is 1. The van der Waals surface area contributed by atoms with Gasteiger partial charge < -0.3 is 5.32 Å². The zero-order valence-electron chi connectivity index (χ0n) is 12.3. The number of benzene rings is 1. The number of carbonyl (C=O) groups excluding carboxylic acids is 1. The predicted octanol–water partition coefficient (Wildman–Crippen LogP) is 3.77. The number of hydrogen-bond acceptors (Lipinski definition) is 2. The van der Waals surface area contributed by atoms with Crippen LogP contribution in [0.5, 0.6) is 0 Å². The fourth-order valence-electron chi connectivity index (χ4n) is 2.95. The number of nitrogens with one attached hydrogen (secondary N) is 1. The van der Waals surface area contributed by atoms with E-state index in [-0.39, 0.29) is 5.41 Å². The van der Waals surface area contributed by atoms with Crippen molar-refractivity contribution in [2.45, 2.75) is 46.0 Å². The van der Waals surface area contributed by atoms with Crippen molar-refractivity contribution in [2.75, 3.05) is 13.1 Å². The largest absolute Gasteiger partial charge is 0.316 e. The number of piperidine rings is 1. The molecule has 0 aromatic heterocycles. The van der Waals surface area contributed by atoms with E-state index in [0.717, 1.165) is 37.9 Å². The molecule has 0 amide bonds. The first-order valence-corrected chi connectivity index (χ1v) is 7.44. The van der Waals surface area contributed by atoms with Gasteiger partial charge in [0.2, 0.25) is 0 Å². The zero-order valence-corrected chi connectivity index (χ0v) is 12.3. The Hall–Kier alpha value is -1.15. The number of ketones is 1. The molecule has 1 N–H and O–H groups in total. The van der Waals surface area contributed by atoms with Crippen LogP contribution in [0.15, 0.2) is 24.3 Å². The summed E-state index contributed by atoms with van der Waals surface area (Å²) < 4.78 is 0. The van der Waals surface area contributed by atoms with Gasteiger partial charge >= 0.3 is 0 Å². The van der Waals surface area contributed by atoms with Crippen molar-refractivity contribution in [2.24, 2.45) is 5.41 Å². The second-order valence-electron chi connectivity index (χ2n) is 6.02. The first-order valence-electron chi connectivity index (χ1n) is 7.44. The minimum absolute atomic E-state index is 0.183. The fourth-order valence-corrected chi connectivity index (χ4v) is 2.95. The van der Waals surface area contributed by atoms with Crippen LogP contribution in [0.25, 0.3) is 0 Å². The van der Waals surface area contributed by atoms with Crippen LogP contribution in [0, 0.1) is 5.41 Å². The maximum atomic E-state index is 12.8. The Bertz CT molecular complexity index is 427. The fraction of sp³-hybridized carbons (Fsp3) is 0.588. The van der Waals surface area contributed by atoms with Crippen molar-refractivity contribution in [3.05, 3.63) is 35.4 Å². The van der Waals surface area contributed by atoms with E-state index in [1.54, 1.807) is 0 Å². The van der Waals surface area contributed by atoms with Gasteiger partial charge in [0.05, 0.1) is 0 Å². The van der Waals surface area contributed by atoms with E-state index in [0.29, 0.717) is 11.7 Å². The molecule has 0 saturated carbocycles. The highest BCUT2D eigenvalue weighted by Crippen LogP contribution is 2.34. The molecule has 1 aromatic carbocycles. The molecule has 19 heavy (non-hydrogen) atoms. The topological polar surface area (TPSA) is 29.1 Å². The second kappa shape index (κ2) is 5.87. The smallest absolute Gasteiger partial charge is 0.170 e. The summed E-state index contributed by atoms with van der Waals surface area (Å²) in [6, 6.07) is 8.20. The Morgan fingerprint density at radius 3 is 2.47 bits per heavy atom. The normalized spacial score (nSPS) is 23.6. The SMILES string of the molecule is CCC1(C(=O)c2ccc(C(C)C)cc2)CCCNC1. The van der Waals surface area contributed by atoms with E-state index < -0.39 is 0 Å². The molecule has 0 spiro atoms. The molecular weight excluding hydrogens is 234 g/mol. The minimum atomic E-state index is -0.183. The van der Waals surface area contributed by atoms with Crippen LogP contribution in [0.4, 0.5) is 0 Å². The van der Waals surface area contributed by atoms with E-state index in [1.807, 2.05) is 12.1 Å². The summed E-state index contributed by atoms with van der Waals surface area (Å²) in [5, 5.41) is 3.39. The Morgan fingerprint density at radius 2 is 2.00 bits per heavy atom. The van der Waals surface area contributed by atoms with Crippen LogP contribution < -0.4 is 5.32 Å². The van der Waals surface area contributed by atoms with Crippen LogP contribution in [0.2, 0.25) is 0 Å². The third kappa shape index (κ3) is 2.89. The Labute approximate surface area is 116 Å². The molecule has 1 saturated heterocycles. The van der Waals surface area contributed by atoms with Crippen molar-refractivity contribution >= 4 is 5.78 Å². The molecule has 0 bridgehead atoms. The molecule has 1 fully saturated rings. The molecule has 1 atom stereocenters. The van der Waals surface area contributed by atoms with Crippen LogP contribution >= 0.6 is 0 Å². The zero-order chi connectivity index (χ0) is 13.9. The lowest BCUT2D eigenvalue weighted by Crippen LogP contribution is -2.45. The first-order chi connectivity index (χ1) is 9.09. The van der Waals surface area contributed by atoms with E-state index in [4.69, 9.17) is 0 Å². The Kier molecular flexibility index (Phi) is 4.41. The Morgan fingerprint density at radius 1 is 1.32 bits per heavy atom. The highest BCUT2D eigenvalue weighted by molar-refractivity contribution is 6.00. The average Bonchev–Trinajstić information content (AvgIpc) is 2.47. The van der Waals surface area contributed by atoms with Crippen molar-refractivity contribution in [3.63, 3.8) is 0 Å². The quantitative estimate of drug-likeness (QED) is 0.834. The summed E-state index contributed by atoms with van der Waals surface area (Å²) in [5.41, 5.74) is 1.98. The maximum Gasteiger partial charge on any atom is 0.170 e. The first kappa shape index (κ1) is 14.3. The van der Waals surface area contributed by atoms with Crippen molar-refractivity contribution in [1.82, 2.24) is 5.32 Å². The van der Waals surface area contributed by atoms with Crippen LogP contribution in [0.1, 0.15) is 61.9 Å². The number of Topliss-reactive ketones (excluding diaryl/α,β-unsaturated/α-hetero) is 1. The molecule has 1 heterocycles. The van der Waals surface area contributed by atoms with Gasteiger partial charge in [0.25, 0.3) is 0 Å². The van der Waals surface area contributed by atoms with Crippen LogP contribution in [-0.4, -0.2) is 18.9 Å². The highest BCUT2D eigenvalue weighted by atomic mass is 16.1. The van der Waals surface area contributed by atoms with E-state index in [1.165, 1.54) is 5.56 Å². The van der Waals surface area contributed by atoms with Crippen LogP contribution in [0.3, 0.4) is 0 Å². The highest BCUT2D eigenvalue weighted by Gasteiger charge is 2.38. The van der Waals surface area contributed by atoms with Crippen molar-refractivity contribution < 1.29 is 4.79 Å². The van der Waals surface area contributed by atoms with Crippen LogP contribution in [-0.2, 0) is 0 Å². The maximum absolute atomic E-state index is 12.8. The lowest BCUT2D eigenvalue weighted by molar-refractivity contribution is 0.0730. The molecule has 2 rings (SSSR count). The summed E-state index contributed by atoms with van der Waals surface area (Å²) in [6.45, 7) is 8.35. The molecule has 0 radical (unpaired) electrons. The van der Waals surface area contributed by atoms with E-state index >= 15 is 0 Å². The average molecular weight is 259 g/mol. The van der Waals surface area contributed by atoms with Gasteiger partial charge in [-0.05, 0) is 37.3 Å². The molecule has 104 valence electrons. The van der Waals surface area contributed by atoms with Gasteiger partial charge in [0.1, 0.15) is 0 Å². The van der Waals surface area contributed by atoms with Crippen molar-refractivity contribution in [1.29, 1.82) is 0 Å². The van der Waals surface area contributed by atoms with E-state index in [2.05, 4.69) is 38.2 Å². The van der Waals surface area contributed by atoms with Gasteiger partial charge in [-0.1, -0.05) is 45.0 Å². The number of hydrogen-bond donors (Lipinski definition) is 1. The van der Waals surface area contributed by atoms with Gasteiger partial charge in [-0.25, -0.2) is 0 Å². The van der Waals surface area contributed by atoms with Crippen molar-refractivity contribution in [3.8, 4) is 0 Å². The summed E-state index contributed by atoms with van der Waals surface area (Å²) in [7, 11) is 0. The molecular formula is C17H25NO. The molecule has 0 aliphatic carbocycles.